The lowest BCUT2D eigenvalue weighted by Crippen LogP contribution is -2.51. The molecule has 1 aromatic carbocycles. The fourth-order valence-corrected chi connectivity index (χ4v) is 3.91. The second kappa shape index (κ2) is 7.35. The standard InChI is InChI=1S/C21H25NO4S/c1-13-14(2)20-18(15(3)19(13)25-16(4)23)8-9-21(5,26-20)22(12-27)11-17-7-6-10-24-17/h6-7,10,12H,8-9,11H2,1-5H3. The minimum atomic E-state index is -0.575. The molecule has 1 atom stereocenters. The Morgan fingerprint density at radius 1 is 1.33 bits per heavy atom. The van der Waals surface area contributed by atoms with Gasteiger partial charge in [-0.15, -0.1) is 0 Å². The van der Waals surface area contributed by atoms with Gasteiger partial charge in [-0.2, -0.15) is 0 Å². The predicted molar refractivity (Wildman–Crippen MR) is 107 cm³/mol. The Labute approximate surface area is 165 Å². The van der Waals surface area contributed by atoms with Gasteiger partial charge in [0.1, 0.15) is 17.3 Å². The molecule has 0 spiro atoms. The van der Waals surface area contributed by atoms with Crippen molar-refractivity contribution in [2.75, 3.05) is 0 Å². The third kappa shape index (κ3) is 3.58. The van der Waals surface area contributed by atoms with E-state index < -0.39 is 5.72 Å². The zero-order chi connectivity index (χ0) is 19.8. The third-order valence-corrected chi connectivity index (χ3v) is 5.61. The number of rotatable bonds is 5. The van der Waals surface area contributed by atoms with Crippen molar-refractivity contribution < 1.29 is 18.7 Å². The van der Waals surface area contributed by atoms with Crippen LogP contribution in [0.25, 0.3) is 0 Å². The Morgan fingerprint density at radius 2 is 2.07 bits per heavy atom. The van der Waals surface area contributed by atoms with Crippen LogP contribution in [0.15, 0.2) is 22.8 Å². The molecule has 1 unspecified atom stereocenters. The first-order valence-corrected chi connectivity index (χ1v) is 9.48. The highest BCUT2D eigenvalue weighted by Gasteiger charge is 2.39. The maximum Gasteiger partial charge on any atom is 0.308 e. The maximum absolute atomic E-state index is 11.5. The van der Waals surface area contributed by atoms with Crippen molar-refractivity contribution >= 4 is 23.7 Å². The van der Waals surface area contributed by atoms with Crippen LogP contribution in [0.5, 0.6) is 11.5 Å². The van der Waals surface area contributed by atoms with Gasteiger partial charge in [0.05, 0.1) is 18.3 Å². The van der Waals surface area contributed by atoms with Gasteiger partial charge in [0.25, 0.3) is 0 Å². The summed E-state index contributed by atoms with van der Waals surface area (Å²) < 4.78 is 17.5. The molecule has 0 N–H and O–H groups in total. The van der Waals surface area contributed by atoms with Gasteiger partial charge in [-0.05, 0) is 62.9 Å². The van der Waals surface area contributed by atoms with Crippen molar-refractivity contribution in [3.63, 3.8) is 0 Å². The Hall–Kier alpha value is -2.34. The SMILES string of the molecule is CC(=O)Oc1c(C)c(C)c2c(c1C)CCC(C)(N(C=S)Cc1ccco1)O2. The zero-order valence-electron chi connectivity index (χ0n) is 16.4. The Bertz CT molecular complexity index is 875. The number of fused-ring (bicyclic) bond motifs is 1. The number of nitrogens with zero attached hydrogens (tertiary/aromatic N) is 1. The summed E-state index contributed by atoms with van der Waals surface area (Å²) in [6.07, 6.45) is 3.23. The lowest BCUT2D eigenvalue weighted by molar-refractivity contribution is -0.132. The van der Waals surface area contributed by atoms with E-state index in [1.165, 1.54) is 6.92 Å². The highest BCUT2D eigenvalue weighted by molar-refractivity contribution is 7.78. The molecule has 27 heavy (non-hydrogen) atoms. The first-order chi connectivity index (χ1) is 12.8. The third-order valence-electron chi connectivity index (χ3n) is 5.36. The van der Waals surface area contributed by atoms with E-state index in [0.29, 0.717) is 12.3 Å². The number of thiocarbonyl (C=S) groups is 1. The van der Waals surface area contributed by atoms with E-state index in [1.54, 1.807) is 11.8 Å². The average Bonchev–Trinajstić information content (AvgIpc) is 3.14. The molecule has 1 aliphatic heterocycles. The predicted octanol–water partition coefficient (Wildman–Crippen LogP) is 4.63. The van der Waals surface area contributed by atoms with Crippen molar-refractivity contribution in [1.29, 1.82) is 0 Å². The topological polar surface area (TPSA) is 51.9 Å². The monoisotopic (exact) mass is 387 g/mol. The molecule has 3 rings (SSSR count). The normalized spacial score (nSPS) is 18.4. The summed E-state index contributed by atoms with van der Waals surface area (Å²) in [5, 5.41) is 0. The first-order valence-electron chi connectivity index (χ1n) is 9.01. The van der Waals surface area contributed by atoms with Crippen LogP contribution in [0, 0.1) is 20.8 Å². The summed E-state index contributed by atoms with van der Waals surface area (Å²) in [4.78, 5) is 13.5. The largest absolute Gasteiger partial charge is 0.468 e. The molecule has 1 aliphatic rings. The summed E-state index contributed by atoms with van der Waals surface area (Å²) in [6.45, 7) is 9.95. The first kappa shape index (κ1) is 19.4. The second-order valence-electron chi connectivity index (χ2n) is 7.20. The minimum Gasteiger partial charge on any atom is -0.468 e. The van der Waals surface area contributed by atoms with Crippen molar-refractivity contribution in [3.05, 3.63) is 46.4 Å². The highest BCUT2D eigenvalue weighted by atomic mass is 32.1. The molecule has 6 heteroatoms. The van der Waals surface area contributed by atoms with E-state index in [1.807, 2.05) is 44.7 Å². The molecule has 2 aromatic rings. The van der Waals surface area contributed by atoms with Crippen molar-refractivity contribution in [2.24, 2.45) is 0 Å². The Morgan fingerprint density at radius 3 is 2.67 bits per heavy atom. The molecule has 0 amide bonds. The molecular weight excluding hydrogens is 362 g/mol. The number of esters is 1. The fraction of sp³-hybridized carbons (Fsp3) is 0.429. The Kier molecular flexibility index (Phi) is 5.29. The van der Waals surface area contributed by atoms with Crippen LogP contribution < -0.4 is 9.47 Å². The van der Waals surface area contributed by atoms with Crippen LogP contribution in [-0.2, 0) is 17.8 Å². The van der Waals surface area contributed by atoms with E-state index in [4.69, 9.17) is 26.1 Å². The molecule has 0 bridgehead atoms. The van der Waals surface area contributed by atoms with Crippen molar-refractivity contribution in [3.8, 4) is 11.5 Å². The van der Waals surface area contributed by atoms with E-state index in [9.17, 15) is 4.79 Å². The number of furan rings is 1. The second-order valence-corrected chi connectivity index (χ2v) is 7.41. The van der Waals surface area contributed by atoms with Gasteiger partial charge in [-0.3, -0.25) is 4.79 Å². The van der Waals surface area contributed by atoms with E-state index in [0.717, 1.165) is 46.6 Å². The zero-order valence-corrected chi connectivity index (χ0v) is 17.2. The molecular formula is C21H25NO4S. The average molecular weight is 388 g/mol. The summed E-state index contributed by atoms with van der Waals surface area (Å²) in [7, 11) is 0. The fourth-order valence-electron chi connectivity index (χ4n) is 3.61. The molecule has 0 aliphatic carbocycles. The quantitative estimate of drug-likeness (QED) is 0.424. The van der Waals surface area contributed by atoms with E-state index >= 15 is 0 Å². The van der Waals surface area contributed by atoms with Gasteiger partial charge < -0.3 is 18.8 Å². The van der Waals surface area contributed by atoms with Crippen LogP contribution in [-0.4, -0.2) is 22.1 Å². The van der Waals surface area contributed by atoms with Gasteiger partial charge in [-0.25, -0.2) is 0 Å². The van der Waals surface area contributed by atoms with Gasteiger partial charge >= 0.3 is 5.97 Å². The van der Waals surface area contributed by atoms with E-state index in [-0.39, 0.29) is 5.97 Å². The van der Waals surface area contributed by atoms with Crippen molar-refractivity contribution in [1.82, 2.24) is 4.90 Å². The van der Waals surface area contributed by atoms with Gasteiger partial charge in [-0.1, -0.05) is 12.2 Å². The molecule has 5 nitrogen and oxygen atoms in total. The number of carbonyl (C=O) groups excluding carboxylic acids is 1. The number of carbonyl (C=O) groups is 1. The highest BCUT2D eigenvalue weighted by Crippen LogP contribution is 2.44. The van der Waals surface area contributed by atoms with Crippen LogP contribution in [0.2, 0.25) is 0 Å². The minimum absolute atomic E-state index is 0.313. The Balaban J connectivity index is 1.97. The molecule has 0 radical (unpaired) electrons. The van der Waals surface area contributed by atoms with Gasteiger partial charge in [0.2, 0.25) is 0 Å². The van der Waals surface area contributed by atoms with Gasteiger partial charge in [0.15, 0.2) is 5.72 Å². The molecule has 2 heterocycles. The van der Waals surface area contributed by atoms with E-state index in [2.05, 4.69) is 0 Å². The number of hydrogen-bond donors (Lipinski definition) is 0. The number of ether oxygens (including phenoxy) is 2. The molecule has 144 valence electrons. The maximum atomic E-state index is 11.5. The van der Waals surface area contributed by atoms with Crippen molar-refractivity contribution in [2.45, 2.75) is 59.7 Å². The van der Waals surface area contributed by atoms with Crippen LogP contribution in [0.4, 0.5) is 0 Å². The van der Waals surface area contributed by atoms with Gasteiger partial charge in [0, 0.05) is 18.9 Å². The summed E-state index contributed by atoms with van der Waals surface area (Å²) >= 11 is 5.27. The lowest BCUT2D eigenvalue weighted by atomic mass is 9.89. The number of hydrogen-bond acceptors (Lipinski definition) is 5. The molecule has 1 aromatic heterocycles. The number of benzene rings is 1. The van der Waals surface area contributed by atoms with Crippen LogP contribution in [0.3, 0.4) is 0 Å². The van der Waals surface area contributed by atoms with Crippen LogP contribution >= 0.6 is 12.2 Å². The lowest BCUT2D eigenvalue weighted by Gasteiger charge is -2.44. The van der Waals surface area contributed by atoms with Crippen LogP contribution in [0.1, 0.15) is 48.3 Å². The summed E-state index contributed by atoms with van der Waals surface area (Å²) in [5.41, 5.74) is 5.02. The molecule has 0 saturated heterocycles. The molecule has 0 saturated carbocycles. The summed E-state index contributed by atoms with van der Waals surface area (Å²) in [5.74, 6) is 2.03. The summed E-state index contributed by atoms with van der Waals surface area (Å²) in [6, 6.07) is 3.79. The smallest absolute Gasteiger partial charge is 0.308 e. The molecule has 0 fully saturated rings.